The van der Waals surface area contributed by atoms with Gasteiger partial charge in [0.1, 0.15) is 0 Å². The van der Waals surface area contributed by atoms with Crippen LogP contribution in [0, 0.1) is 0 Å². The number of hydrogen-bond acceptors (Lipinski definition) is 1. The van der Waals surface area contributed by atoms with Crippen LogP contribution in [0.1, 0.15) is 14.3 Å². The molecule has 1 fully saturated rings. The Bertz CT molecular complexity index is 222. The van der Waals surface area contributed by atoms with Gasteiger partial charge < -0.3 is 6.33 Å². The van der Waals surface area contributed by atoms with Crippen LogP contribution in [0.15, 0.2) is 30.3 Å². The van der Waals surface area contributed by atoms with Gasteiger partial charge in [-0.2, -0.15) is 0 Å². The van der Waals surface area contributed by atoms with Gasteiger partial charge in [-0.05, 0) is 25.0 Å². The molecular weight excluding hydrogens is 141 g/mol. The third kappa shape index (κ3) is 2.06. The molecule has 1 heterocycles. The normalized spacial score (nSPS) is 15.8. The molecule has 60 valence electrons. The van der Waals surface area contributed by atoms with Crippen molar-refractivity contribution in [3.05, 3.63) is 30.3 Å². The van der Waals surface area contributed by atoms with E-state index >= 15 is 0 Å². The molecule has 0 aromatic heterocycles. The van der Waals surface area contributed by atoms with Gasteiger partial charge in [0.2, 0.25) is 0 Å². The summed E-state index contributed by atoms with van der Waals surface area (Å²) in [7, 11) is 0. The average Bonchev–Trinajstić information content (AvgIpc) is 2.58. The number of nitrogens with zero attached hydrogens (tertiary/aromatic N) is 1. The zero-order chi connectivity index (χ0) is 7.52. The molecule has 1 nitrogen and oxygen atoms in total. The molecule has 0 atom stereocenters. The Morgan fingerprint density at radius 2 is 1.58 bits per heavy atom. The maximum absolute atomic E-state index is 2.44. The summed E-state index contributed by atoms with van der Waals surface area (Å²) in [4.78, 5) is 2.44. The van der Waals surface area contributed by atoms with E-state index in [1.54, 1.807) is 0 Å². The molecule has 2 rings (SSSR count). The Morgan fingerprint density at radius 3 is 2.17 bits per heavy atom. The third-order valence-electron chi connectivity index (χ3n) is 2.23. The Morgan fingerprint density at radius 1 is 1.00 bits per heavy atom. The Kier molecular flexibility index (Phi) is 3.72. The number of hydrogen-bond donors (Lipinski definition) is 0. The summed E-state index contributed by atoms with van der Waals surface area (Å²) in [5, 5.41) is 0. The second kappa shape index (κ2) is 4.60. The zero-order valence-electron chi connectivity index (χ0n) is 8.66. The van der Waals surface area contributed by atoms with Gasteiger partial charge in [0, 0.05) is 18.8 Å². The van der Waals surface area contributed by atoms with E-state index in [1.807, 2.05) is 0 Å². The van der Waals surface area contributed by atoms with Crippen molar-refractivity contribution in [2.24, 2.45) is 0 Å². The quantitative estimate of drug-likeness (QED) is 0.490. The fourth-order valence-electron chi connectivity index (χ4n) is 1.61. The van der Waals surface area contributed by atoms with E-state index in [0.29, 0.717) is 0 Å². The van der Waals surface area contributed by atoms with Crippen molar-refractivity contribution in [1.29, 1.82) is 0 Å². The van der Waals surface area contributed by atoms with Gasteiger partial charge in [0.15, 0.2) is 0 Å². The minimum absolute atomic E-state index is 0. The van der Waals surface area contributed by atoms with Crippen molar-refractivity contribution >= 4 is 5.69 Å². The monoisotopic (exact) mass is 155 g/mol. The smallest absolute Gasteiger partial charge is 1.00 e. The summed E-state index contributed by atoms with van der Waals surface area (Å²) in [5.74, 6) is 0. The molecule has 1 saturated heterocycles. The molecule has 0 saturated carbocycles. The predicted molar refractivity (Wildman–Crippen MR) is 49.0 cm³/mol. The zero-order valence-corrected chi connectivity index (χ0v) is 7.66. The van der Waals surface area contributed by atoms with Gasteiger partial charge in [-0.1, -0.05) is 18.2 Å². The van der Waals surface area contributed by atoms with E-state index in [2.05, 4.69) is 35.2 Å². The van der Waals surface area contributed by atoms with Crippen molar-refractivity contribution in [2.45, 2.75) is 12.8 Å². The summed E-state index contributed by atoms with van der Waals surface area (Å²) in [6, 6.07) is 10.7. The predicted octanol–water partition coefficient (Wildman–Crippen LogP) is -0.597. The molecule has 12 heavy (non-hydrogen) atoms. The van der Waals surface area contributed by atoms with Crippen LogP contribution in [0.2, 0.25) is 0 Å². The number of para-hydroxylation sites is 1. The average molecular weight is 155 g/mol. The third-order valence-corrected chi connectivity index (χ3v) is 2.23. The van der Waals surface area contributed by atoms with Crippen LogP contribution in [0.3, 0.4) is 0 Å². The van der Waals surface area contributed by atoms with E-state index < -0.39 is 0 Å². The molecule has 1 aromatic carbocycles. The second-order valence-electron chi connectivity index (χ2n) is 3.03. The molecule has 0 unspecified atom stereocenters. The molecule has 0 radical (unpaired) electrons. The fraction of sp³-hybridized carbons (Fsp3) is 0.400. The van der Waals surface area contributed by atoms with Crippen molar-refractivity contribution in [3.8, 4) is 0 Å². The Labute approximate surface area is 87.4 Å². The van der Waals surface area contributed by atoms with E-state index in [4.69, 9.17) is 0 Å². The van der Waals surface area contributed by atoms with Crippen molar-refractivity contribution in [1.82, 2.24) is 0 Å². The van der Waals surface area contributed by atoms with Crippen LogP contribution >= 0.6 is 0 Å². The summed E-state index contributed by atoms with van der Waals surface area (Å²) in [6.45, 7) is 2.48. The van der Waals surface area contributed by atoms with E-state index in [1.165, 1.54) is 31.6 Å². The van der Waals surface area contributed by atoms with Crippen molar-refractivity contribution in [3.63, 3.8) is 0 Å². The summed E-state index contributed by atoms with van der Waals surface area (Å²) >= 11 is 0. The number of benzene rings is 1. The van der Waals surface area contributed by atoms with Crippen LogP contribution < -0.4 is 23.8 Å². The van der Waals surface area contributed by atoms with Gasteiger partial charge >= 0.3 is 18.9 Å². The molecule has 1 aliphatic heterocycles. The largest absolute Gasteiger partial charge is 1.00 e. The van der Waals surface area contributed by atoms with Crippen LogP contribution in [-0.2, 0) is 0 Å². The van der Waals surface area contributed by atoms with Crippen LogP contribution in [-0.4, -0.2) is 13.1 Å². The molecule has 0 amide bonds. The molecule has 0 bridgehead atoms. The maximum atomic E-state index is 2.44. The van der Waals surface area contributed by atoms with Crippen molar-refractivity contribution in [2.75, 3.05) is 18.0 Å². The Hall–Kier alpha value is -0.383. The fourth-order valence-corrected chi connectivity index (χ4v) is 1.61. The van der Waals surface area contributed by atoms with E-state index in [-0.39, 0.29) is 20.3 Å². The first-order valence-electron chi connectivity index (χ1n) is 4.27. The molecule has 1 aromatic rings. The molecule has 0 spiro atoms. The number of anilines is 1. The number of rotatable bonds is 1. The van der Waals surface area contributed by atoms with E-state index in [9.17, 15) is 0 Å². The maximum Gasteiger partial charge on any atom is 1.00 e. The van der Waals surface area contributed by atoms with E-state index in [0.717, 1.165) is 0 Å². The van der Waals surface area contributed by atoms with Crippen LogP contribution in [0.5, 0.6) is 0 Å². The minimum Gasteiger partial charge on any atom is -1.00 e. The van der Waals surface area contributed by atoms with Crippen molar-refractivity contribution < 1.29 is 20.3 Å². The second-order valence-corrected chi connectivity index (χ2v) is 3.03. The minimum atomic E-state index is 0. The molecule has 0 N–H and O–H groups in total. The van der Waals surface area contributed by atoms with Crippen LogP contribution in [0.25, 0.3) is 0 Å². The van der Waals surface area contributed by atoms with Gasteiger partial charge in [-0.3, -0.25) is 0 Å². The SMILES string of the molecule is [H-].[Li+].c1ccc(N2CCCC2)cc1. The Balaban J connectivity index is 0.000000720. The first kappa shape index (κ1) is 9.70. The van der Waals surface area contributed by atoms with Gasteiger partial charge in [-0.25, -0.2) is 0 Å². The van der Waals surface area contributed by atoms with Gasteiger partial charge in [0.25, 0.3) is 0 Å². The summed E-state index contributed by atoms with van der Waals surface area (Å²) in [6.07, 6.45) is 2.71. The molecule has 0 aliphatic carbocycles. The molecule has 1 aliphatic rings. The standard InChI is InChI=1S/C10H13N.Li.H/c1-2-6-10(7-3-1)11-8-4-5-9-11;;/h1-3,6-7H,4-5,8-9H2;;/q;+1;-1. The molecule has 2 heteroatoms. The van der Waals surface area contributed by atoms with Gasteiger partial charge in [-0.15, -0.1) is 0 Å². The first-order valence-corrected chi connectivity index (χ1v) is 4.27. The summed E-state index contributed by atoms with van der Waals surface area (Å²) in [5.41, 5.74) is 1.38. The first-order chi connectivity index (χ1) is 5.47. The van der Waals surface area contributed by atoms with Gasteiger partial charge in [0.05, 0.1) is 0 Å². The topological polar surface area (TPSA) is 3.24 Å². The van der Waals surface area contributed by atoms with Crippen LogP contribution in [0.4, 0.5) is 5.69 Å². The molecular formula is C10H14LiN. The summed E-state index contributed by atoms with van der Waals surface area (Å²) < 4.78 is 0.